The highest BCUT2D eigenvalue weighted by atomic mass is 16.5. The van der Waals surface area contributed by atoms with Gasteiger partial charge in [0.2, 0.25) is 0 Å². The van der Waals surface area contributed by atoms with Crippen molar-refractivity contribution in [1.29, 1.82) is 0 Å². The highest BCUT2D eigenvalue weighted by Crippen LogP contribution is 2.15. The van der Waals surface area contributed by atoms with Crippen LogP contribution in [0, 0.1) is 0 Å². The van der Waals surface area contributed by atoms with Gasteiger partial charge in [0.1, 0.15) is 12.4 Å². The number of nitrogens with zero attached hydrogens (tertiary/aromatic N) is 2. The summed E-state index contributed by atoms with van der Waals surface area (Å²) in [5.74, 6) is 0.834. The molecular weight excluding hydrogens is 226 g/mol. The Kier molecular flexibility index (Phi) is 4.96. The maximum atomic E-state index is 5.92. The average Bonchev–Trinajstić information content (AvgIpc) is 2.92. The summed E-state index contributed by atoms with van der Waals surface area (Å²) in [7, 11) is 0. The minimum atomic E-state index is 0.0312. The molecule has 4 heteroatoms. The van der Waals surface area contributed by atoms with Crippen LogP contribution in [-0.2, 0) is 0 Å². The number of likely N-dealkylation sites (tertiary alicyclic amines) is 1. The van der Waals surface area contributed by atoms with Gasteiger partial charge in [0.15, 0.2) is 0 Å². The fourth-order valence-electron chi connectivity index (χ4n) is 2.20. The molecule has 1 saturated heterocycles. The lowest BCUT2D eigenvalue weighted by Gasteiger charge is -2.15. The van der Waals surface area contributed by atoms with Gasteiger partial charge in [0, 0.05) is 12.6 Å². The van der Waals surface area contributed by atoms with E-state index in [1.807, 2.05) is 12.1 Å². The summed E-state index contributed by atoms with van der Waals surface area (Å²) in [4.78, 5) is 6.78. The molecule has 100 valence electrons. The molecule has 18 heavy (non-hydrogen) atoms. The van der Waals surface area contributed by atoms with Crippen molar-refractivity contribution < 1.29 is 4.74 Å². The molecule has 0 spiro atoms. The molecule has 1 fully saturated rings. The van der Waals surface area contributed by atoms with E-state index >= 15 is 0 Å². The Bertz CT molecular complexity index is 347. The van der Waals surface area contributed by atoms with E-state index in [9.17, 15) is 0 Å². The van der Waals surface area contributed by atoms with E-state index in [0.29, 0.717) is 0 Å². The Morgan fingerprint density at radius 3 is 2.78 bits per heavy atom. The van der Waals surface area contributed by atoms with Gasteiger partial charge in [-0.25, -0.2) is 0 Å². The van der Waals surface area contributed by atoms with Gasteiger partial charge in [-0.1, -0.05) is 6.92 Å². The maximum absolute atomic E-state index is 5.92. The summed E-state index contributed by atoms with van der Waals surface area (Å²) in [6, 6.07) is 3.95. The molecule has 1 atom stereocenters. The Morgan fingerprint density at radius 2 is 2.17 bits per heavy atom. The molecule has 0 aliphatic carbocycles. The molecule has 1 aliphatic heterocycles. The Morgan fingerprint density at radius 1 is 1.39 bits per heavy atom. The van der Waals surface area contributed by atoms with E-state index in [1.54, 1.807) is 6.20 Å². The molecular formula is C14H23N3O. The smallest absolute Gasteiger partial charge is 0.137 e. The number of nitrogens with two attached hydrogens (primary N) is 1. The van der Waals surface area contributed by atoms with Gasteiger partial charge in [0.25, 0.3) is 0 Å². The molecule has 0 amide bonds. The monoisotopic (exact) mass is 249 g/mol. The summed E-state index contributed by atoms with van der Waals surface area (Å²) in [6.07, 6.45) is 5.33. The van der Waals surface area contributed by atoms with E-state index in [2.05, 4.69) is 16.8 Å². The molecule has 2 rings (SSSR count). The van der Waals surface area contributed by atoms with Crippen molar-refractivity contribution >= 4 is 0 Å². The third kappa shape index (κ3) is 3.68. The van der Waals surface area contributed by atoms with E-state index in [-0.39, 0.29) is 6.04 Å². The number of ether oxygens (including phenoxy) is 1. The quantitative estimate of drug-likeness (QED) is 0.837. The van der Waals surface area contributed by atoms with Gasteiger partial charge in [-0.15, -0.1) is 0 Å². The van der Waals surface area contributed by atoms with Crippen molar-refractivity contribution in [2.24, 2.45) is 5.73 Å². The molecule has 1 aromatic heterocycles. The number of pyridine rings is 1. The molecule has 0 radical (unpaired) electrons. The zero-order valence-corrected chi connectivity index (χ0v) is 11.1. The third-order valence-electron chi connectivity index (χ3n) is 3.45. The van der Waals surface area contributed by atoms with Crippen LogP contribution >= 0.6 is 0 Å². The Labute approximate surface area is 109 Å². The molecule has 1 aliphatic rings. The highest BCUT2D eigenvalue weighted by Gasteiger charge is 2.11. The molecule has 1 aromatic rings. The van der Waals surface area contributed by atoms with Crippen molar-refractivity contribution in [3.05, 3.63) is 24.0 Å². The van der Waals surface area contributed by atoms with Crippen LogP contribution in [0.25, 0.3) is 0 Å². The second-order valence-electron chi connectivity index (χ2n) is 4.83. The van der Waals surface area contributed by atoms with Crippen LogP contribution in [0.5, 0.6) is 5.75 Å². The van der Waals surface area contributed by atoms with E-state index in [1.165, 1.54) is 25.9 Å². The standard InChI is InChI=1S/C14H23N3O/c1-2-13(15)14-6-5-12(11-16-14)18-10-9-17-7-3-4-8-17/h5-6,11,13H,2-4,7-10,15H2,1H3/t13-/m0/s1. The number of aromatic nitrogens is 1. The summed E-state index contributed by atoms with van der Waals surface area (Å²) in [6.45, 7) is 6.24. The zero-order valence-electron chi connectivity index (χ0n) is 11.1. The number of hydrogen-bond acceptors (Lipinski definition) is 4. The van der Waals surface area contributed by atoms with Gasteiger partial charge in [0.05, 0.1) is 11.9 Å². The lowest BCUT2D eigenvalue weighted by atomic mass is 10.1. The fourth-order valence-corrected chi connectivity index (χ4v) is 2.20. The van der Waals surface area contributed by atoms with Crippen LogP contribution in [-0.4, -0.2) is 36.1 Å². The number of rotatable bonds is 6. The SMILES string of the molecule is CC[C@H](N)c1ccc(OCCN2CCCC2)cn1. The average molecular weight is 249 g/mol. The topological polar surface area (TPSA) is 51.4 Å². The Balaban J connectivity index is 1.75. The maximum Gasteiger partial charge on any atom is 0.137 e. The highest BCUT2D eigenvalue weighted by molar-refractivity contribution is 5.21. The van der Waals surface area contributed by atoms with Gasteiger partial charge in [-0.3, -0.25) is 9.88 Å². The summed E-state index contributed by atoms with van der Waals surface area (Å²) in [5, 5.41) is 0. The first-order valence-electron chi connectivity index (χ1n) is 6.86. The molecule has 4 nitrogen and oxygen atoms in total. The van der Waals surface area contributed by atoms with Crippen LogP contribution in [0.2, 0.25) is 0 Å². The number of hydrogen-bond donors (Lipinski definition) is 1. The fraction of sp³-hybridized carbons (Fsp3) is 0.643. The Hall–Kier alpha value is -1.13. The molecule has 2 heterocycles. The summed E-state index contributed by atoms with van der Waals surface area (Å²) < 4.78 is 5.69. The minimum absolute atomic E-state index is 0.0312. The van der Waals surface area contributed by atoms with Crippen molar-refractivity contribution in [2.75, 3.05) is 26.2 Å². The second-order valence-corrected chi connectivity index (χ2v) is 4.83. The zero-order chi connectivity index (χ0) is 12.8. The normalized spacial score (nSPS) is 17.9. The van der Waals surface area contributed by atoms with Gasteiger partial charge in [-0.05, 0) is 44.5 Å². The predicted molar refractivity (Wildman–Crippen MR) is 72.6 cm³/mol. The van der Waals surface area contributed by atoms with Gasteiger partial charge < -0.3 is 10.5 Å². The van der Waals surface area contributed by atoms with Crippen molar-refractivity contribution in [3.63, 3.8) is 0 Å². The molecule has 0 unspecified atom stereocenters. The lowest BCUT2D eigenvalue weighted by Crippen LogP contribution is -2.25. The van der Waals surface area contributed by atoms with Crippen LogP contribution in [0.4, 0.5) is 0 Å². The first-order valence-corrected chi connectivity index (χ1v) is 6.86. The van der Waals surface area contributed by atoms with Crippen LogP contribution in [0.15, 0.2) is 18.3 Å². The van der Waals surface area contributed by atoms with Crippen molar-refractivity contribution in [3.8, 4) is 5.75 Å². The van der Waals surface area contributed by atoms with Gasteiger partial charge in [-0.2, -0.15) is 0 Å². The predicted octanol–water partition coefficient (Wildman–Crippen LogP) is 1.97. The largest absolute Gasteiger partial charge is 0.491 e. The minimum Gasteiger partial charge on any atom is -0.491 e. The summed E-state index contributed by atoms with van der Waals surface area (Å²) in [5.41, 5.74) is 6.85. The second kappa shape index (κ2) is 6.71. The summed E-state index contributed by atoms with van der Waals surface area (Å²) >= 11 is 0. The van der Waals surface area contributed by atoms with E-state index in [0.717, 1.165) is 31.0 Å². The van der Waals surface area contributed by atoms with Crippen LogP contribution < -0.4 is 10.5 Å². The molecule has 0 aromatic carbocycles. The van der Waals surface area contributed by atoms with Crippen molar-refractivity contribution in [2.45, 2.75) is 32.2 Å². The van der Waals surface area contributed by atoms with E-state index in [4.69, 9.17) is 10.5 Å². The van der Waals surface area contributed by atoms with Crippen molar-refractivity contribution in [1.82, 2.24) is 9.88 Å². The molecule has 0 saturated carbocycles. The van der Waals surface area contributed by atoms with Crippen LogP contribution in [0.3, 0.4) is 0 Å². The van der Waals surface area contributed by atoms with Gasteiger partial charge >= 0.3 is 0 Å². The first kappa shape index (κ1) is 13.3. The van der Waals surface area contributed by atoms with E-state index < -0.39 is 0 Å². The third-order valence-corrected chi connectivity index (χ3v) is 3.45. The molecule has 0 bridgehead atoms. The first-order chi connectivity index (χ1) is 8.79. The molecule has 2 N–H and O–H groups in total. The van der Waals surface area contributed by atoms with Crippen LogP contribution in [0.1, 0.15) is 37.9 Å². The lowest BCUT2D eigenvalue weighted by molar-refractivity contribution is 0.237.